The maximum atomic E-state index is 11.6. The van der Waals surface area contributed by atoms with Crippen molar-refractivity contribution < 1.29 is 14.7 Å². The maximum absolute atomic E-state index is 11.6. The van der Waals surface area contributed by atoms with Crippen LogP contribution in [-0.4, -0.2) is 28.5 Å². The number of rotatable bonds is 3. The van der Waals surface area contributed by atoms with Crippen LogP contribution in [0.2, 0.25) is 0 Å². The predicted octanol–water partition coefficient (Wildman–Crippen LogP) is 2.04. The Morgan fingerprint density at radius 3 is 2.39 bits per heavy atom. The minimum Gasteiger partial charge on any atom is -0.395 e. The number of aliphatic hydroxyl groups is 1. The van der Waals surface area contributed by atoms with Crippen LogP contribution >= 0.6 is 0 Å². The van der Waals surface area contributed by atoms with Gasteiger partial charge in [-0.3, -0.25) is 15.0 Å². The van der Waals surface area contributed by atoms with Crippen molar-refractivity contribution in [1.29, 1.82) is 0 Å². The highest BCUT2D eigenvalue weighted by Crippen LogP contribution is 2.45. The first-order valence-electron chi connectivity index (χ1n) is 7.36. The van der Waals surface area contributed by atoms with E-state index in [1.165, 1.54) is 12.2 Å². The summed E-state index contributed by atoms with van der Waals surface area (Å²) in [4.78, 5) is 23.3. The third kappa shape index (κ3) is 2.05. The lowest BCUT2D eigenvalue weighted by molar-refractivity contribution is -0.135. The Morgan fingerprint density at radius 1 is 0.957 bits per heavy atom. The minimum atomic E-state index is -0.391. The van der Waals surface area contributed by atoms with E-state index in [0.29, 0.717) is 5.69 Å². The molecule has 2 amide bonds. The summed E-state index contributed by atoms with van der Waals surface area (Å²) in [7, 11) is 0. The Balaban J connectivity index is 1.71. The number of amides is 2. The predicted molar refractivity (Wildman–Crippen MR) is 85.4 cm³/mol. The molecule has 2 N–H and O–H groups in total. The van der Waals surface area contributed by atoms with Crippen molar-refractivity contribution >= 4 is 17.5 Å². The van der Waals surface area contributed by atoms with Gasteiger partial charge < -0.3 is 5.11 Å². The topological polar surface area (TPSA) is 69.6 Å². The van der Waals surface area contributed by atoms with Gasteiger partial charge in [0.25, 0.3) is 11.8 Å². The Bertz CT molecular complexity index is 839. The molecule has 0 spiro atoms. The number of imide groups is 1. The Hall–Kier alpha value is -2.92. The van der Waals surface area contributed by atoms with Gasteiger partial charge in [-0.1, -0.05) is 30.3 Å². The van der Waals surface area contributed by atoms with Crippen molar-refractivity contribution in [2.75, 3.05) is 12.0 Å². The van der Waals surface area contributed by atoms with Crippen LogP contribution in [0.25, 0.3) is 11.1 Å². The molecule has 0 radical (unpaired) electrons. The average Bonchev–Trinajstić information content (AvgIpc) is 3.06. The van der Waals surface area contributed by atoms with Gasteiger partial charge in [0.1, 0.15) is 0 Å². The van der Waals surface area contributed by atoms with Gasteiger partial charge in [-0.25, -0.2) is 0 Å². The van der Waals surface area contributed by atoms with Gasteiger partial charge in [-0.15, -0.1) is 0 Å². The lowest BCUT2D eigenvalue weighted by Gasteiger charge is -2.18. The molecule has 0 saturated heterocycles. The van der Waals surface area contributed by atoms with Crippen molar-refractivity contribution in [1.82, 2.24) is 5.01 Å². The summed E-state index contributed by atoms with van der Waals surface area (Å²) in [5, 5.41) is 10.7. The van der Waals surface area contributed by atoms with E-state index in [-0.39, 0.29) is 12.5 Å². The van der Waals surface area contributed by atoms with E-state index >= 15 is 0 Å². The summed E-state index contributed by atoms with van der Waals surface area (Å²) in [6.07, 6.45) is 2.46. The molecule has 4 rings (SSSR count). The first kappa shape index (κ1) is 13.7. The van der Waals surface area contributed by atoms with Crippen molar-refractivity contribution in [3.63, 3.8) is 0 Å². The van der Waals surface area contributed by atoms with Crippen LogP contribution in [0.1, 0.15) is 17.0 Å². The smallest absolute Gasteiger partial charge is 0.272 e. The lowest BCUT2D eigenvalue weighted by atomic mass is 9.98. The third-order valence-corrected chi connectivity index (χ3v) is 4.29. The number of fused-ring (bicyclic) bond motifs is 3. The van der Waals surface area contributed by atoms with Crippen LogP contribution in [0.4, 0.5) is 5.69 Å². The fourth-order valence-corrected chi connectivity index (χ4v) is 3.22. The summed E-state index contributed by atoms with van der Waals surface area (Å²) < 4.78 is 0. The van der Waals surface area contributed by atoms with Crippen LogP contribution in [0.5, 0.6) is 0 Å². The summed E-state index contributed by atoms with van der Waals surface area (Å²) in [6, 6.07) is 13.6. The van der Waals surface area contributed by atoms with Crippen molar-refractivity contribution in [2.24, 2.45) is 0 Å². The van der Waals surface area contributed by atoms with Crippen molar-refractivity contribution in [3.8, 4) is 11.1 Å². The number of carbonyl (C=O) groups excluding carboxylic acids is 2. The largest absolute Gasteiger partial charge is 0.395 e. The normalized spacial score (nSPS) is 18.3. The molecule has 0 saturated carbocycles. The van der Waals surface area contributed by atoms with Crippen LogP contribution in [0.3, 0.4) is 0 Å². The first-order valence-corrected chi connectivity index (χ1v) is 7.36. The second-order valence-electron chi connectivity index (χ2n) is 5.58. The molecular formula is C18H14N2O3. The van der Waals surface area contributed by atoms with E-state index in [1.807, 2.05) is 42.5 Å². The molecule has 114 valence electrons. The highest BCUT2D eigenvalue weighted by Gasteiger charge is 2.29. The number of nitrogens with one attached hydrogen (secondary N) is 1. The molecule has 1 unspecified atom stereocenters. The summed E-state index contributed by atoms with van der Waals surface area (Å²) in [5.41, 5.74) is 7.74. The molecule has 1 atom stereocenters. The molecule has 1 heterocycles. The molecule has 5 heteroatoms. The molecule has 2 aromatic carbocycles. The van der Waals surface area contributed by atoms with Gasteiger partial charge in [0, 0.05) is 18.1 Å². The summed E-state index contributed by atoms with van der Waals surface area (Å²) >= 11 is 0. The standard InChI is InChI=1S/C18H14N2O3/c21-10-16-13-4-2-1-3-12(13)14-6-5-11(9-15(14)16)19-20-17(22)7-8-18(20)23/h1-9,16,19,21H,10H2. The Labute approximate surface area is 132 Å². The van der Waals surface area contributed by atoms with Gasteiger partial charge in [0.05, 0.1) is 12.3 Å². The molecule has 2 aliphatic rings. The first-order chi connectivity index (χ1) is 11.2. The van der Waals surface area contributed by atoms with E-state index in [1.54, 1.807) is 0 Å². The highest BCUT2D eigenvalue weighted by atomic mass is 16.3. The second-order valence-corrected chi connectivity index (χ2v) is 5.58. The number of hydrogen-bond acceptors (Lipinski definition) is 4. The quantitative estimate of drug-likeness (QED) is 0.852. The number of benzene rings is 2. The number of aliphatic hydroxyl groups excluding tert-OH is 1. The zero-order valence-electron chi connectivity index (χ0n) is 12.2. The summed E-state index contributed by atoms with van der Waals surface area (Å²) in [6.45, 7) is 0.0105. The van der Waals surface area contributed by atoms with Gasteiger partial charge in [0.15, 0.2) is 0 Å². The molecule has 23 heavy (non-hydrogen) atoms. The van der Waals surface area contributed by atoms with Gasteiger partial charge in [-0.2, -0.15) is 5.01 Å². The number of carbonyl (C=O) groups is 2. The molecule has 0 aromatic heterocycles. The van der Waals surface area contributed by atoms with E-state index in [4.69, 9.17) is 0 Å². The molecule has 0 fully saturated rings. The van der Waals surface area contributed by atoms with Gasteiger partial charge in [-0.05, 0) is 34.4 Å². The molecular weight excluding hydrogens is 292 g/mol. The Morgan fingerprint density at radius 2 is 1.65 bits per heavy atom. The zero-order valence-corrected chi connectivity index (χ0v) is 12.2. The average molecular weight is 306 g/mol. The van der Waals surface area contributed by atoms with Crippen molar-refractivity contribution in [3.05, 3.63) is 65.7 Å². The van der Waals surface area contributed by atoms with Crippen LogP contribution in [0.15, 0.2) is 54.6 Å². The molecule has 2 aromatic rings. The highest BCUT2D eigenvalue weighted by molar-refractivity contribution is 6.13. The molecule has 1 aliphatic heterocycles. The van der Waals surface area contributed by atoms with E-state index < -0.39 is 11.8 Å². The maximum Gasteiger partial charge on any atom is 0.272 e. The van der Waals surface area contributed by atoms with E-state index in [9.17, 15) is 14.7 Å². The summed E-state index contributed by atoms with van der Waals surface area (Å²) in [5.74, 6) is -0.874. The fourth-order valence-electron chi connectivity index (χ4n) is 3.22. The lowest BCUT2D eigenvalue weighted by Crippen LogP contribution is -2.35. The van der Waals surface area contributed by atoms with Crippen molar-refractivity contribution in [2.45, 2.75) is 5.92 Å². The van der Waals surface area contributed by atoms with Crippen LogP contribution in [-0.2, 0) is 9.59 Å². The SMILES string of the molecule is O=C1C=CC(=O)N1Nc1ccc2c(c1)C(CO)c1ccccc1-2. The van der Waals surface area contributed by atoms with E-state index in [2.05, 4.69) is 5.43 Å². The minimum absolute atomic E-state index is 0.0105. The van der Waals surface area contributed by atoms with Crippen LogP contribution in [0, 0.1) is 0 Å². The number of nitrogens with zero attached hydrogens (tertiary/aromatic N) is 1. The fraction of sp³-hybridized carbons (Fsp3) is 0.111. The van der Waals surface area contributed by atoms with Gasteiger partial charge in [0.2, 0.25) is 0 Å². The zero-order chi connectivity index (χ0) is 16.0. The molecule has 1 aliphatic carbocycles. The third-order valence-electron chi connectivity index (χ3n) is 4.29. The second kappa shape index (κ2) is 5.07. The monoisotopic (exact) mass is 306 g/mol. The van der Waals surface area contributed by atoms with Crippen LogP contribution < -0.4 is 5.43 Å². The number of hydrazine groups is 1. The van der Waals surface area contributed by atoms with Gasteiger partial charge >= 0.3 is 0 Å². The molecule has 5 nitrogen and oxygen atoms in total. The molecule has 0 bridgehead atoms. The number of hydrogen-bond donors (Lipinski definition) is 2. The van der Waals surface area contributed by atoms with E-state index in [0.717, 1.165) is 27.3 Å². The Kier molecular flexibility index (Phi) is 3.02. The number of anilines is 1.